The summed E-state index contributed by atoms with van der Waals surface area (Å²) in [5.74, 6) is 0. The predicted molar refractivity (Wildman–Crippen MR) is 82.9 cm³/mol. The van der Waals surface area contributed by atoms with Gasteiger partial charge in [0, 0.05) is 6.66 Å². The van der Waals surface area contributed by atoms with Crippen LogP contribution in [-0.2, 0) is 13.6 Å². The van der Waals surface area contributed by atoms with Gasteiger partial charge in [0.1, 0.15) is 0 Å². The van der Waals surface area contributed by atoms with Crippen molar-refractivity contribution in [1.82, 2.24) is 0 Å². The molecule has 0 spiro atoms. The molecule has 0 saturated heterocycles. The zero-order chi connectivity index (χ0) is 14.7. The third kappa shape index (κ3) is 11.7. The largest absolute Gasteiger partial charge is 0.328 e. The zero-order valence-electron chi connectivity index (χ0n) is 13.5. The van der Waals surface area contributed by atoms with Gasteiger partial charge in [-0.05, 0) is 26.7 Å². The van der Waals surface area contributed by atoms with Crippen LogP contribution in [0.2, 0.25) is 0 Å². The molecule has 0 rings (SSSR count). The third-order valence-electron chi connectivity index (χ3n) is 3.17. The Morgan fingerprint density at radius 1 is 0.842 bits per heavy atom. The summed E-state index contributed by atoms with van der Waals surface area (Å²) in [6.07, 6.45) is 9.01. The number of unbranched alkanes of at least 4 members (excludes halogenated alkanes) is 4. The van der Waals surface area contributed by atoms with E-state index < -0.39 is 7.60 Å². The zero-order valence-corrected chi connectivity index (χ0v) is 14.4. The molecule has 4 heteroatoms. The third-order valence-corrected chi connectivity index (χ3v) is 4.66. The van der Waals surface area contributed by atoms with Crippen LogP contribution in [-0.4, -0.2) is 18.9 Å². The molecule has 3 nitrogen and oxygen atoms in total. The van der Waals surface area contributed by atoms with E-state index in [9.17, 15) is 4.57 Å². The van der Waals surface area contributed by atoms with E-state index in [1.807, 2.05) is 13.8 Å². The van der Waals surface area contributed by atoms with Gasteiger partial charge in [-0.2, -0.15) is 0 Å². The summed E-state index contributed by atoms with van der Waals surface area (Å²) in [5, 5.41) is 0. The number of hydrogen-bond acceptors (Lipinski definition) is 3. The lowest BCUT2D eigenvalue weighted by Gasteiger charge is -2.22. The highest BCUT2D eigenvalue weighted by atomic mass is 31.2. The normalized spacial score (nSPS) is 17.9. The maximum Gasteiger partial charge on any atom is 0.328 e. The highest BCUT2D eigenvalue weighted by molar-refractivity contribution is 7.53. The molecular weight excluding hydrogens is 259 g/mol. The van der Waals surface area contributed by atoms with E-state index in [1.54, 1.807) is 6.66 Å². The van der Waals surface area contributed by atoms with E-state index in [0.29, 0.717) is 0 Å². The Bertz CT molecular complexity index is 234. The number of rotatable bonds is 12. The summed E-state index contributed by atoms with van der Waals surface area (Å²) in [6, 6.07) is 0. The summed E-state index contributed by atoms with van der Waals surface area (Å²) in [4.78, 5) is 0. The van der Waals surface area contributed by atoms with Crippen molar-refractivity contribution in [2.45, 2.75) is 91.3 Å². The van der Waals surface area contributed by atoms with E-state index in [0.717, 1.165) is 25.7 Å². The van der Waals surface area contributed by atoms with E-state index in [2.05, 4.69) is 13.8 Å². The Morgan fingerprint density at radius 2 is 1.21 bits per heavy atom. The molecule has 0 amide bonds. The van der Waals surface area contributed by atoms with Crippen LogP contribution >= 0.6 is 7.60 Å². The Balaban J connectivity index is 3.91. The fourth-order valence-electron chi connectivity index (χ4n) is 2.15. The van der Waals surface area contributed by atoms with Gasteiger partial charge in [0.15, 0.2) is 0 Å². The fourth-order valence-corrected chi connectivity index (χ4v) is 3.72. The van der Waals surface area contributed by atoms with Crippen molar-refractivity contribution < 1.29 is 13.6 Å². The van der Waals surface area contributed by atoms with Gasteiger partial charge >= 0.3 is 7.60 Å². The minimum Gasteiger partial charge on any atom is -0.306 e. The van der Waals surface area contributed by atoms with Crippen molar-refractivity contribution in [2.75, 3.05) is 6.66 Å². The Morgan fingerprint density at radius 3 is 1.53 bits per heavy atom. The highest BCUT2D eigenvalue weighted by Crippen LogP contribution is 2.47. The summed E-state index contributed by atoms with van der Waals surface area (Å²) in [5.41, 5.74) is 0. The second kappa shape index (κ2) is 10.9. The average Bonchev–Trinajstić information content (AvgIpc) is 2.28. The molecule has 0 radical (unpaired) electrons. The molecule has 0 aliphatic rings. The minimum absolute atomic E-state index is 0.0187. The topological polar surface area (TPSA) is 35.5 Å². The monoisotopic (exact) mass is 292 g/mol. The van der Waals surface area contributed by atoms with Crippen LogP contribution in [0, 0.1) is 0 Å². The first kappa shape index (κ1) is 19.1. The minimum atomic E-state index is -2.90. The maximum atomic E-state index is 12.3. The van der Waals surface area contributed by atoms with Crippen LogP contribution in [0.5, 0.6) is 0 Å². The Hall–Kier alpha value is 0.150. The van der Waals surface area contributed by atoms with Crippen LogP contribution in [0.1, 0.15) is 79.1 Å². The molecule has 0 aliphatic heterocycles. The van der Waals surface area contributed by atoms with Crippen molar-refractivity contribution >= 4 is 7.60 Å². The molecule has 2 unspecified atom stereocenters. The van der Waals surface area contributed by atoms with Crippen LogP contribution in [0.15, 0.2) is 0 Å². The Kier molecular flexibility index (Phi) is 11.0. The predicted octanol–water partition coefficient (Wildman–Crippen LogP) is 5.78. The van der Waals surface area contributed by atoms with Crippen molar-refractivity contribution in [3.05, 3.63) is 0 Å². The Labute approximate surface area is 120 Å². The second-order valence-corrected chi connectivity index (χ2v) is 7.56. The molecule has 0 N–H and O–H groups in total. The van der Waals surface area contributed by atoms with Gasteiger partial charge in [-0.1, -0.05) is 52.4 Å². The quantitative estimate of drug-likeness (QED) is 0.338. The van der Waals surface area contributed by atoms with Crippen LogP contribution in [0.3, 0.4) is 0 Å². The van der Waals surface area contributed by atoms with Crippen molar-refractivity contribution in [3.63, 3.8) is 0 Å². The molecule has 0 heterocycles. The van der Waals surface area contributed by atoms with Gasteiger partial charge in [0.25, 0.3) is 0 Å². The van der Waals surface area contributed by atoms with Gasteiger partial charge in [0.2, 0.25) is 0 Å². The summed E-state index contributed by atoms with van der Waals surface area (Å²) >= 11 is 0. The standard InChI is InChI=1S/C15H33O3P/c1-6-8-10-12-14(3)17-19(5,16)18-15(4)13-11-9-7-2/h14-15H,6-13H2,1-5H3. The van der Waals surface area contributed by atoms with Gasteiger partial charge in [0.05, 0.1) is 12.2 Å². The van der Waals surface area contributed by atoms with Crippen LogP contribution < -0.4 is 0 Å². The summed E-state index contributed by atoms with van der Waals surface area (Å²) in [6.45, 7) is 9.92. The van der Waals surface area contributed by atoms with E-state index in [1.165, 1.54) is 25.7 Å². The lowest BCUT2D eigenvalue weighted by molar-refractivity contribution is 0.120. The average molecular weight is 292 g/mol. The highest BCUT2D eigenvalue weighted by Gasteiger charge is 2.23. The van der Waals surface area contributed by atoms with Crippen molar-refractivity contribution in [2.24, 2.45) is 0 Å². The van der Waals surface area contributed by atoms with E-state index in [4.69, 9.17) is 9.05 Å². The molecule has 116 valence electrons. The molecular formula is C15H33O3P. The summed E-state index contributed by atoms with van der Waals surface area (Å²) < 4.78 is 23.4. The summed E-state index contributed by atoms with van der Waals surface area (Å²) in [7, 11) is -2.90. The first-order chi connectivity index (χ1) is 8.91. The molecule has 19 heavy (non-hydrogen) atoms. The van der Waals surface area contributed by atoms with Crippen molar-refractivity contribution in [3.8, 4) is 0 Å². The molecule has 0 saturated carbocycles. The first-order valence-electron chi connectivity index (χ1n) is 7.85. The maximum absolute atomic E-state index is 12.3. The molecule has 0 aromatic carbocycles. The first-order valence-corrected chi connectivity index (χ1v) is 9.84. The second-order valence-electron chi connectivity index (χ2n) is 5.59. The smallest absolute Gasteiger partial charge is 0.306 e. The SMILES string of the molecule is CCCCCC(C)OP(C)(=O)OC(C)CCCCC. The van der Waals surface area contributed by atoms with Gasteiger partial charge < -0.3 is 9.05 Å². The van der Waals surface area contributed by atoms with Crippen LogP contribution in [0.4, 0.5) is 0 Å². The molecule has 2 atom stereocenters. The molecule has 0 fully saturated rings. The number of hydrogen-bond donors (Lipinski definition) is 0. The molecule has 0 aromatic rings. The molecule has 0 bridgehead atoms. The van der Waals surface area contributed by atoms with Gasteiger partial charge in [-0.25, -0.2) is 0 Å². The molecule has 0 aromatic heterocycles. The molecule has 0 aliphatic carbocycles. The van der Waals surface area contributed by atoms with Gasteiger partial charge in [-0.3, -0.25) is 4.57 Å². The van der Waals surface area contributed by atoms with E-state index >= 15 is 0 Å². The van der Waals surface area contributed by atoms with Crippen molar-refractivity contribution in [1.29, 1.82) is 0 Å². The van der Waals surface area contributed by atoms with Gasteiger partial charge in [-0.15, -0.1) is 0 Å². The van der Waals surface area contributed by atoms with E-state index in [-0.39, 0.29) is 12.2 Å². The fraction of sp³-hybridized carbons (Fsp3) is 1.00. The lowest BCUT2D eigenvalue weighted by atomic mass is 10.1. The lowest BCUT2D eigenvalue weighted by Crippen LogP contribution is -2.12. The van der Waals surface area contributed by atoms with Crippen LogP contribution in [0.25, 0.3) is 0 Å².